The second kappa shape index (κ2) is 14.6. The van der Waals surface area contributed by atoms with Crippen LogP contribution in [0.5, 0.6) is 0 Å². The van der Waals surface area contributed by atoms with E-state index in [1.165, 1.54) is 0 Å². The van der Waals surface area contributed by atoms with Gasteiger partial charge in [0.2, 0.25) is 0 Å². The molecule has 6 nitrogen and oxygen atoms in total. The van der Waals surface area contributed by atoms with E-state index in [4.69, 9.17) is 19.8 Å². The van der Waals surface area contributed by atoms with Crippen molar-refractivity contribution in [3.8, 4) is 0 Å². The van der Waals surface area contributed by atoms with Crippen molar-refractivity contribution in [3.05, 3.63) is 89.0 Å². The Bertz CT molecular complexity index is 864. The molecule has 0 aliphatic heterocycles. The fraction of sp³-hybridized carbons (Fsp3) is 0.136. The predicted molar refractivity (Wildman–Crippen MR) is 103 cm³/mol. The SMILES string of the molecule is O=C(O)CCC(/C=C/c1ccccc1)=C\Cc1ccc(C(=O)O)cc1.O=C=O.[Cl-]. The van der Waals surface area contributed by atoms with Crippen molar-refractivity contribution in [3.63, 3.8) is 0 Å². The molecule has 29 heavy (non-hydrogen) atoms. The van der Waals surface area contributed by atoms with Crippen molar-refractivity contribution in [2.24, 2.45) is 0 Å². The van der Waals surface area contributed by atoms with E-state index >= 15 is 0 Å². The van der Waals surface area contributed by atoms with Crippen molar-refractivity contribution < 1.29 is 41.8 Å². The van der Waals surface area contributed by atoms with Crippen molar-refractivity contribution in [2.75, 3.05) is 0 Å². The Morgan fingerprint density at radius 1 is 0.897 bits per heavy atom. The van der Waals surface area contributed by atoms with E-state index in [9.17, 15) is 9.59 Å². The molecule has 7 heteroatoms. The van der Waals surface area contributed by atoms with Gasteiger partial charge in [-0.25, -0.2) is 4.79 Å². The third-order valence-electron chi connectivity index (χ3n) is 3.72. The average molecular weight is 416 g/mol. The van der Waals surface area contributed by atoms with Crippen LogP contribution in [0.15, 0.2) is 72.3 Å². The second-order valence-corrected chi connectivity index (χ2v) is 5.71. The van der Waals surface area contributed by atoms with Gasteiger partial charge in [0.1, 0.15) is 0 Å². The summed E-state index contributed by atoms with van der Waals surface area (Å²) in [5.41, 5.74) is 3.22. The van der Waals surface area contributed by atoms with Crippen LogP contribution in [0.25, 0.3) is 6.08 Å². The monoisotopic (exact) mass is 415 g/mol. The fourth-order valence-electron chi connectivity index (χ4n) is 2.30. The van der Waals surface area contributed by atoms with E-state index in [1.54, 1.807) is 24.3 Å². The van der Waals surface area contributed by atoms with Gasteiger partial charge in [0.25, 0.3) is 0 Å². The van der Waals surface area contributed by atoms with Crippen LogP contribution in [-0.2, 0) is 20.8 Å². The smallest absolute Gasteiger partial charge is 0.373 e. The number of rotatable bonds is 8. The van der Waals surface area contributed by atoms with Crippen molar-refractivity contribution in [2.45, 2.75) is 19.3 Å². The summed E-state index contributed by atoms with van der Waals surface area (Å²) in [6, 6.07) is 16.5. The van der Waals surface area contributed by atoms with Crippen LogP contribution in [0, 0.1) is 0 Å². The zero-order valence-electron chi connectivity index (χ0n) is 15.5. The van der Waals surface area contributed by atoms with Crippen LogP contribution in [-0.4, -0.2) is 28.3 Å². The first-order valence-electron chi connectivity index (χ1n) is 8.41. The number of carbonyl (C=O) groups is 2. The molecular weight excluding hydrogens is 396 g/mol. The molecule has 0 aliphatic rings. The molecule has 0 unspecified atom stereocenters. The maximum absolute atomic E-state index is 10.9. The number of hydrogen-bond acceptors (Lipinski definition) is 4. The van der Waals surface area contributed by atoms with Gasteiger partial charge in [0, 0.05) is 6.42 Å². The largest absolute Gasteiger partial charge is 1.00 e. The molecule has 0 atom stereocenters. The normalized spacial score (nSPS) is 10.3. The van der Waals surface area contributed by atoms with Gasteiger partial charge in [-0.15, -0.1) is 0 Å². The number of hydrogen-bond donors (Lipinski definition) is 2. The molecule has 0 radical (unpaired) electrons. The summed E-state index contributed by atoms with van der Waals surface area (Å²) in [5, 5.41) is 17.8. The maximum Gasteiger partial charge on any atom is 0.373 e. The molecule has 2 aromatic rings. The molecule has 0 bridgehead atoms. The van der Waals surface area contributed by atoms with Crippen LogP contribution < -0.4 is 12.4 Å². The molecule has 0 spiro atoms. The zero-order valence-corrected chi connectivity index (χ0v) is 16.2. The highest BCUT2D eigenvalue weighted by molar-refractivity contribution is 5.87. The van der Waals surface area contributed by atoms with Gasteiger partial charge in [-0.3, -0.25) is 4.79 Å². The summed E-state index contributed by atoms with van der Waals surface area (Å²) in [7, 11) is 0. The van der Waals surface area contributed by atoms with Crippen molar-refractivity contribution >= 4 is 24.2 Å². The molecule has 0 aliphatic carbocycles. The molecule has 0 fully saturated rings. The first-order valence-corrected chi connectivity index (χ1v) is 8.41. The standard InChI is InChI=1S/C21H20O4.CO2.ClH/c22-20(23)15-12-17(7-6-16-4-2-1-3-5-16)8-9-18-10-13-19(14-11-18)21(24)25;2-1-3;/h1-8,10-11,13-14H,9,12,15H2,(H,22,23)(H,24,25);;1H/p-1/b7-6+,17-8-;;. The maximum atomic E-state index is 10.9. The van der Waals surface area contributed by atoms with Crippen LogP contribution in [0.3, 0.4) is 0 Å². The number of halogens is 1. The first-order chi connectivity index (χ1) is 13.5. The van der Waals surface area contributed by atoms with Gasteiger partial charge >= 0.3 is 18.1 Å². The van der Waals surface area contributed by atoms with Crippen molar-refractivity contribution in [1.29, 1.82) is 0 Å². The lowest BCUT2D eigenvalue weighted by Gasteiger charge is -2.03. The third-order valence-corrected chi connectivity index (χ3v) is 3.72. The molecule has 0 saturated carbocycles. The Kier molecular flexibility index (Phi) is 12.8. The summed E-state index contributed by atoms with van der Waals surface area (Å²) in [4.78, 5) is 38.0. The minimum absolute atomic E-state index is 0. The topological polar surface area (TPSA) is 109 Å². The Morgan fingerprint density at radius 2 is 1.48 bits per heavy atom. The summed E-state index contributed by atoms with van der Waals surface area (Å²) in [6.45, 7) is 0. The lowest BCUT2D eigenvalue weighted by atomic mass is 10.0. The summed E-state index contributed by atoms with van der Waals surface area (Å²) in [6.07, 6.45) is 7.27. The summed E-state index contributed by atoms with van der Waals surface area (Å²) >= 11 is 0. The molecule has 0 saturated heterocycles. The zero-order chi connectivity index (χ0) is 20.8. The van der Waals surface area contributed by atoms with Crippen LogP contribution in [0.2, 0.25) is 0 Å². The minimum atomic E-state index is -0.949. The number of aliphatic carboxylic acids is 1. The third kappa shape index (κ3) is 11.1. The summed E-state index contributed by atoms with van der Waals surface area (Å²) < 4.78 is 0. The quantitative estimate of drug-likeness (QED) is 0.619. The fourth-order valence-corrected chi connectivity index (χ4v) is 2.30. The van der Waals surface area contributed by atoms with Crippen LogP contribution in [0.1, 0.15) is 34.3 Å². The summed E-state index contributed by atoms with van der Waals surface area (Å²) in [5.74, 6) is -1.78. The van der Waals surface area contributed by atoms with E-state index in [1.807, 2.05) is 48.6 Å². The van der Waals surface area contributed by atoms with E-state index in [2.05, 4.69) is 0 Å². The number of carboxylic acids is 2. The number of carboxylic acid groups (broad SMARTS) is 2. The Hall–Kier alpha value is -3.47. The highest BCUT2D eigenvalue weighted by Gasteiger charge is 2.03. The van der Waals surface area contributed by atoms with Crippen molar-refractivity contribution in [1.82, 2.24) is 0 Å². The number of aromatic carboxylic acids is 1. The molecule has 0 aromatic heterocycles. The van der Waals surface area contributed by atoms with Crippen LogP contribution >= 0.6 is 0 Å². The molecule has 2 aromatic carbocycles. The number of benzene rings is 2. The molecule has 0 amide bonds. The number of carbonyl (C=O) groups excluding carboxylic acids is 2. The Balaban J connectivity index is 0.00000184. The molecule has 0 heterocycles. The van der Waals surface area contributed by atoms with Gasteiger partial charge in [-0.1, -0.05) is 66.3 Å². The predicted octanol–water partition coefficient (Wildman–Crippen LogP) is 0.852. The van der Waals surface area contributed by atoms with Gasteiger partial charge < -0.3 is 22.6 Å². The molecular formula is C22H20ClO6-. The lowest BCUT2D eigenvalue weighted by Crippen LogP contribution is -3.00. The minimum Gasteiger partial charge on any atom is -1.00 e. The van der Waals surface area contributed by atoms with Crippen LogP contribution in [0.4, 0.5) is 0 Å². The van der Waals surface area contributed by atoms with Gasteiger partial charge in [0.15, 0.2) is 0 Å². The van der Waals surface area contributed by atoms with E-state index in [-0.39, 0.29) is 30.5 Å². The highest BCUT2D eigenvalue weighted by atomic mass is 35.5. The van der Waals surface area contributed by atoms with E-state index in [0.717, 1.165) is 16.7 Å². The van der Waals surface area contributed by atoms with E-state index < -0.39 is 11.9 Å². The van der Waals surface area contributed by atoms with E-state index in [0.29, 0.717) is 12.8 Å². The molecule has 152 valence electrons. The number of allylic oxidation sites excluding steroid dienone is 3. The molecule has 2 rings (SSSR count). The Morgan fingerprint density at radius 3 is 2.00 bits per heavy atom. The molecule has 2 N–H and O–H groups in total. The van der Waals surface area contributed by atoms with Gasteiger partial charge in [0.05, 0.1) is 5.56 Å². The second-order valence-electron chi connectivity index (χ2n) is 5.71. The average Bonchev–Trinajstić information content (AvgIpc) is 2.69. The van der Waals surface area contributed by atoms with Gasteiger partial charge in [-0.05, 0) is 36.1 Å². The van der Waals surface area contributed by atoms with Gasteiger partial charge in [-0.2, -0.15) is 9.59 Å². The highest BCUT2D eigenvalue weighted by Crippen LogP contribution is 2.13. The first kappa shape index (κ1) is 25.5. The lowest BCUT2D eigenvalue weighted by molar-refractivity contribution is -0.191. The Labute approximate surface area is 174 Å².